The molecule has 18 heavy (non-hydrogen) atoms. The summed E-state index contributed by atoms with van der Waals surface area (Å²) in [5.41, 5.74) is 4.41. The zero-order valence-corrected chi connectivity index (χ0v) is 12.3. The predicted octanol–water partition coefficient (Wildman–Crippen LogP) is 3.70. The van der Waals surface area contributed by atoms with Crippen LogP contribution in [0.2, 0.25) is 10.0 Å². The summed E-state index contributed by atoms with van der Waals surface area (Å²) in [7, 11) is 0. The van der Waals surface area contributed by atoms with Gasteiger partial charge < -0.3 is 0 Å². The highest BCUT2D eigenvalue weighted by molar-refractivity contribution is 9.10. The molecule has 2 aromatic rings. The van der Waals surface area contributed by atoms with E-state index in [1.807, 2.05) is 18.2 Å². The van der Waals surface area contributed by atoms with Gasteiger partial charge in [0.15, 0.2) is 0 Å². The van der Waals surface area contributed by atoms with E-state index in [-0.39, 0.29) is 6.04 Å². The first-order chi connectivity index (χ1) is 8.63. The number of benzene rings is 1. The van der Waals surface area contributed by atoms with E-state index >= 15 is 0 Å². The normalized spacial score (nSPS) is 12.4. The minimum Gasteiger partial charge on any atom is -0.271 e. The van der Waals surface area contributed by atoms with Gasteiger partial charge in [-0.05, 0) is 45.8 Å². The fourth-order valence-electron chi connectivity index (χ4n) is 1.64. The molecular formula is C12H10BrCl2N3. The number of aromatic nitrogens is 1. The fraction of sp³-hybridized carbons (Fsp3) is 0.0833. The lowest BCUT2D eigenvalue weighted by Crippen LogP contribution is -2.29. The summed E-state index contributed by atoms with van der Waals surface area (Å²) >= 11 is 15.4. The second-order valence-electron chi connectivity index (χ2n) is 3.64. The standard InChI is InChI=1S/C12H10BrCl2N3/c13-8-2-1-5-17-12(8)11(18-16)7-3-4-9(14)10(15)6-7/h1-6,11,18H,16H2. The zero-order valence-electron chi connectivity index (χ0n) is 9.20. The summed E-state index contributed by atoms with van der Waals surface area (Å²) in [5, 5.41) is 0.998. The molecule has 94 valence electrons. The zero-order chi connectivity index (χ0) is 13.1. The molecule has 0 aliphatic heterocycles. The Balaban J connectivity index is 2.45. The first-order valence-corrected chi connectivity index (χ1v) is 6.70. The molecule has 0 bridgehead atoms. The quantitative estimate of drug-likeness (QED) is 0.658. The van der Waals surface area contributed by atoms with E-state index in [0.717, 1.165) is 15.7 Å². The topological polar surface area (TPSA) is 50.9 Å². The predicted molar refractivity (Wildman–Crippen MR) is 77.6 cm³/mol. The molecule has 0 fully saturated rings. The van der Waals surface area contributed by atoms with Gasteiger partial charge in [-0.3, -0.25) is 10.8 Å². The van der Waals surface area contributed by atoms with Crippen LogP contribution in [-0.4, -0.2) is 4.98 Å². The first-order valence-electron chi connectivity index (χ1n) is 5.15. The minimum atomic E-state index is -0.254. The second kappa shape index (κ2) is 5.99. The van der Waals surface area contributed by atoms with Gasteiger partial charge in [0.2, 0.25) is 0 Å². The van der Waals surface area contributed by atoms with Gasteiger partial charge in [0.1, 0.15) is 0 Å². The van der Waals surface area contributed by atoms with Crippen LogP contribution in [0, 0.1) is 0 Å². The molecule has 0 aliphatic rings. The third-order valence-electron chi connectivity index (χ3n) is 2.50. The number of nitrogens with one attached hydrogen (secondary N) is 1. The molecule has 1 aromatic heterocycles. The number of rotatable bonds is 3. The molecule has 0 aliphatic carbocycles. The first kappa shape index (κ1) is 13.8. The highest BCUT2D eigenvalue weighted by Crippen LogP contribution is 2.30. The Morgan fingerprint density at radius 2 is 2.00 bits per heavy atom. The molecule has 0 radical (unpaired) electrons. The van der Waals surface area contributed by atoms with E-state index in [1.54, 1.807) is 18.3 Å². The summed E-state index contributed by atoms with van der Waals surface area (Å²) in [4.78, 5) is 4.31. The molecule has 1 heterocycles. The van der Waals surface area contributed by atoms with E-state index < -0.39 is 0 Å². The molecule has 0 amide bonds. The summed E-state index contributed by atoms with van der Waals surface area (Å²) in [5.74, 6) is 5.61. The van der Waals surface area contributed by atoms with Gasteiger partial charge in [0.25, 0.3) is 0 Å². The van der Waals surface area contributed by atoms with E-state index in [0.29, 0.717) is 10.0 Å². The molecule has 3 nitrogen and oxygen atoms in total. The molecular weight excluding hydrogens is 337 g/mol. The molecule has 1 unspecified atom stereocenters. The van der Waals surface area contributed by atoms with Crippen molar-refractivity contribution in [3.8, 4) is 0 Å². The Bertz CT molecular complexity index is 563. The van der Waals surface area contributed by atoms with Crippen molar-refractivity contribution in [1.82, 2.24) is 10.4 Å². The molecule has 3 N–H and O–H groups in total. The molecule has 2 rings (SSSR count). The Hall–Kier alpha value is -0.650. The molecule has 0 saturated heterocycles. The maximum atomic E-state index is 6.01. The van der Waals surface area contributed by atoms with Crippen LogP contribution in [0.3, 0.4) is 0 Å². The van der Waals surface area contributed by atoms with Crippen LogP contribution in [0.15, 0.2) is 41.0 Å². The average Bonchev–Trinajstić information content (AvgIpc) is 2.37. The van der Waals surface area contributed by atoms with Crippen LogP contribution >= 0.6 is 39.1 Å². The maximum Gasteiger partial charge on any atom is 0.0893 e. The number of halogens is 3. The Kier molecular flexibility index (Phi) is 4.59. The van der Waals surface area contributed by atoms with Gasteiger partial charge in [-0.2, -0.15) is 0 Å². The number of hydrogen-bond acceptors (Lipinski definition) is 3. The van der Waals surface area contributed by atoms with Crippen molar-refractivity contribution in [2.24, 2.45) is 5.84 Å². The van der Waals surface area contributed by atoms with Crippen molar-refractivity contribution >= 4 is 39.1 Å². The number of hydrogen-bond donors (Lipinski definition) is 2. The van der Waals surface area contributed by atoms with Crippen molar-refractivity contribution in [1.29, 1.82) is 0 Å². The third-order valence-corrected chi connectivity index (χ3v) is 3.91. The summed E-state index contributed by atoms with van der Waals surface area (Å²) in [6.07, 6.45) is 1.71. The largest absolute Gasteiger partial charge is 0.271 e. The Morgan fingerprint density at radius 3 is 2.61 bits per heavy atom. The Morgan fingerprint density at radius 1 is 1.22 bits per heavy atom. The lowest BCUT2D eigenvalue weighted by molar-refractivity contribution is 0.618. The molecule has 1 atom stereocenters. The maximum absolute atomic E-state index is 6.01. The molecule has 0 spiro atoms. The number of nitrogens with zero attached hydrogens (tertiary/aromatic N) is 1. The van der Waals surface area contributed by atoms with E-state index in [1.165, 1.54) is 0 Å². The van der Waals surface area contributed by atoms with E-state index in [9.17, 15) is 0 Å². The van der Waals surface area contributed by atoms with Crippen LogP contribution in [0.5, 0.6) is 0 Å². The summed E-state index contributed by atoms with van der Waals surface area (Å²) in [6.45, 7) is 0. The lowest BCUT2D eigenvalue weighted by atomic mass is 10.0. The fourth-order valence-corrected chi connectivity index (χ4v) is 2.43. The van der Waals surface area contributed by atoms with Crippen molar-refractivity contribution < 1.29 is 0 Å². The SMILES string of the molecule is NNC(c1ccc(Cl)c(Cl)c1)c1ncccc1Br. The monoisotopic (exact) mass is 345 g/mol. The van der Waals surface area contributed by atoms with Crippen LogP contribution in [0.25, 0.3) is 0 Å². The van der Waals surface area contributed by atoms with Crippen molar-refractivity contribution in [2.45, 2.75) is 6.04 Å². The van der Waals surface area contributed by atoms with Crippen molar-refractivity contribution in [3.63, 3.8) is 0 Å². The Labute approximate surface area is 123 Å². The number of pyridine rings is 1. The lowest BCUT2D eigenvalue weighted by Gasteiger charge is -2.17. The third kappa shape index (κ3) is 2.84. The summed E-state index contributed by atoms with van der Waals surface area (Å²) < 4.78 is 0.874. The van der Waals surface area contributed by atoms with Crippen LogP contribution < -0.4 is 11.3 Å². The van der Waals surface area contributed by atoms with E-state index in [2.05, 4.69) is 26.3 Å². The number of nitrogens with two attached hydrogens (primary N) is 1. The van der Waals surface area contributed by atoms with E-state index in [4.69, 9.17) is 29.0 Å². The van der Waals surface area contributed by atoms with Gasteiger partial charge >= 0.3 is 0 Å². The highest BCUT2D eigenvalue weighted by atomic mass is 79.9. The van der Waals surface area contributed by atoms with Gasteiger partial charge in [0, 0.05) is 10.7 Å². The number of hydrazine groups is 1. The van der Waals surface area contributed by atoms with Gasteiger partial charge in [0.05, 0.1) is 21.8 Å². The van der Waals surface area contributed by atoms with Crippen LogP contribution in [0.1, 0.15) is 17.3 Å². The highest BCUT2D eigenvalue weighted by Gasteiger charge is 2.17. The van der Waals surface area contributed by atoms with Crippen LogP contribution in [0.4, 0.5) is 0 Å². The molecule has 6 heteroatoms. The average molecular weight is 347 g/mol. The van der Waals surface area contributed by atoms with Crippen LogP contribution in [-0.2, 0) is 0 Å². The van der Waals surface area contributed by atoms with Gasteiger partial charge in [-0.15, -0.1) is 0 Å². The van der Waals surface area contributed by atoms with Gasteiger partial charge in [-0.25, -0.2) is 5.43 Å². The summed E-state index contributed by atoms with van der Waals surface area (Å²) in [6, 6.07) is 8.87. The smallest absolute Gasteiger partial charge is 0.0893 e. The van der Waals surface area contributed by atoms with Gasteiger partial charge in [-0.1, -0.05) is 29.3 Å². The molecule has 1 aromatic carbocycles. The van der Waals surface area contributed by atoms with Crippen molar-refractivity contribution in [3.05, 3.63) is 62.3 Å². The van der Waals surface area contributed by atoms with Crippen molar-refractivity contribution in [2.75, 3.05) is 0 Å². The molecule has 0 saturated carbocycles. The minimum absolute atomic E-state index is 0.254. The second-order valence-corrected chi connectivity index (χ2v) is 5.31.